The number of carbonyl (C=O) groups is 1. The number of nitrogen functional groups attached to an aromatic ring is 1. The molecule has 0 heterocycles. The lowest BCUT2D eigenvalue weighted by atomic mass is 10.1. The van der Waals surface area contributed by atoms with Gasteiger partial charge in [-0.15, -0.1) is 0 Å². The van der Waals surface area contributed by atoms with E-state index in [-0.39, 0.29) is 5.78 Å². The van der Waals surface area contributed by atoms with E-state index in [4.69, 9.17) is 5.73 Å². The Morgan fingerprint density at radius 2 is 1.87 bits per heavy atom. The van der Waals surface area contributed by atoms with Crippen LogP contribution in [0.4, 0.5) is 5.69 Å². The number of anilines is 1. The second-order valence-corrected chi connectivity index (χ2v) is 9.72. The minimum absolute atomic E-state index is 0.00414. The number of nitrogens with two attached hydrogens (primary N) is 1. The highest BCUT2D eigenvalue weighted by molar-refractivity contribution is 6.81. The van der Waals surface area contributed by atoms with Crippen molar-refractivity contribution in [1.82, 2.24) is 0 Å². The van der Waals surface area contributed by atoms with E-state index in [2.05, 4.69) is 19.6 Å². The van der Waals surface area contributed by atoms with Crippen LogP contribution in [0.2, 0.25) is 19.6 Å². The van der Waals surface area contributed by atoms with Gasteiger partial charge in [-0.2, -0.15) is 0 Å². The van der Waals surface area contributed by atoms with Crippen molar-refractivity contribution in [2.75, 3.05) is 5.73 Å². The number of hydrogen-bond donors (Lipinski definition) is 1. The molecule has 0 unspecified atom stereocenters. The molecular weight excluding hydrogens is 202 g/mol. The zero-order chi connectivity index (χ0) is 11.5. The van der Waals surface area contributed by atoms with Gasteiger partial charge in [-0.3, -0.25) is 4.79 Å². The second kappa shape index (κ2) is 4.44. The van der Waals surface area contributed by atoms with Crippen LogP contribution in [0, 0.1) is 0 Å². The standard InChI is InChI=1S/C12H17NOSi/c1-15(2,3)9-8-12(14)10-6-4-5-7-11(10)13/h4-9H,13H2,1-3H3/b9-8+. The first-order valence-corrected chi connectivity index (χ1v) is 8.56. The fraction of sp³-hybridized carbons (Fsp3) is 0.250. The van der Waals surface area contributed by atoms with Crippen molar-refractivity contribution in [3.63, 3.8) is 0 Å². The molecule has 0 atom stereocenters. The average Bonchev–Trinajstić information content (AvgIpc) is 2.14. The molecule has 2 N–H and O–H groups in total. The zero-order valence-electron chi connectivity index (χ0n) is 9.45. The summed E-state index contributed by atoms with van der Waals surface area (Å²) in [4.78, 5) is 11.8. The van der Waals surface area contributed by atoms with Gasteiger partial charge in [-0.05, 0) is 18.2 Å². The van der Waals surface area contributed by atoms with Gasteiger partial charge in [0, 0.05) is 11.3 Å². The van der Waals surface area contributed by atoms with Crippen LogP contribution in [0.15, 0.2) is 36.0 Å². The molecule has 0 aliphatic heterocycles. The van der Waals surface area contributed by atoms with Crippen molar-refractivity contribution >= 4 is 19.5 Å². The lowest BCUT2D eigenvalue weighted by Crippen LogP contribution is -2.16. The number of carbonyl (C=O) groups excluding carboxylic acids is 1. The number of para-hydroxylation sites is 1. The SMILES string of the molecule is C[Si](C)(C)/C=C/C(=O)c1ccccc1N. The molecule has 0 aliphatic carbocycles. The molecule has 0 spiro atoms. The predicted molar refractivity (Wildman–Crippen MR) is 67.7 cm³/mol. The molecule has 0 aromatic heterocycles. The number of allylic oxidation sites excluding steroid dienone is 1. The summed E-state index contributed by atoms with van der Waals surface area (Å²) in [5.74, 6) is -0.00414. The quantitative estimate of drug-likeness (QED) is 0.367. The largest absolute Gasteiger partial charge is 0.398 e. The van der Waals surface area contributed by atoms with Crippen LogP contribution in [0.1, 0.15) is 10.4 Å². The van der Waals surface area contributed by atoms with Gasteiger partial charge in [0.15, 0.2) is 5.78 Å². The summed E-state index contributed by atoms with van der Waals surface area (Å²) in [6.45, 7) is 6.56. The monoisotopic (exact) mass is 219 g/mol. The molecule has 80 valence electrons. The number of rotatable bonds is 3. The van der Waals surface area contributed by atoms with E-state index in [1.807, 2.05) is 17.8 Å². The first-order chi connectivity index (χ1) is 6.90. The molecule has 1 aromatic rings. The van der Waals surface area contributed by atoms with Gasteiger partial charge in [-0.25, -0.2) is 0 Å². The summed E-state index contributed by atoms with van der Waals surface area (Å²) in [7, 11) is -1.31. The molecule has 0 amide bonds. The van der Waals surface area contributed by atoms with E-state index in [0.717, 1.165) is 0 Å². The first kappa shape index (κ1) is 11.7. The van der Waals surface area contributed by atoms with E-state index in [1.165, 1.54) is 0 Å². The Labute approximate surface area is 91.8 Å². The summed E-state index contributed by atoms with van der Waals surface area (Å²) >= 11 is 0. The predicted octanol–water partition coefficient (Wildman–Crippen LogP) is 2.89. The van der Waals surface area contributed by atoms with Crippen molar-refractivity contribution in [1.29, 1.82) is 0 Å². The highest BCUT2D eigenvalue weighted by Crippen LogP contribution is 2.12. The van der Waals surface area contributed by atoms with Gasteiger partial charge in [0.25, 0.3) is 0 Å². The fourth-order valence-electron chi connectivity index (χ4n) is 1.14. The summed E-state index contributed by atoms with van der Waals surface area (Å²) in [6.07, 6.45) is 1.65. The third-order valence-electron chi connectivity index (χ3n) is 1.96. The van der Waals surface area contributed by atoms with Gasteiger partial charge in [0.1, 0.15) is 0 Å². The van der Waals surface area contributed by atoms with Crippen LogP contribution in [0.3, 0.4) is 0 Å². The highest BCUT2D eigenvalue weighted by Gasteiger charge is 2.10. The zero-order valence-corrected chi connectivity index (χ0v) is 10.4. The number of ketones is 1. The molecule has 1 aromatic carbocycles. The van der Waals surface area contributed by atoms with Crippen LogP contribution in [0.5, 0.6) is 0 Å². The summed E-state index contributed by atoms with van der Waals surface area (Å²) in [5, 5.41) is 0. The molecule has 0 saturated carbocycles. The molecule has 2 nitrogen and oxygen atoms in total. The Morgan fingerprint density at radius 1 is 1.27 bits per heavy atom. The van der Waals surface area contributed by atoms with Crippen LogP contribution in [0.25, 0.3) is 0 Å². The van der Waals surface area contributed by atoms with Crippen LogP contribution >= 0.6 is 0 Å². The smallest absolute Gasteiger partial charge is 0.187 e. The van der Waals surface area contributed by atoms with Gasteiger partial charge in [0.2, 0.25) is 0 Å². The third-order valence-corrected chi connectivity index (χ3v) is 3.13. The molecular formula is C12H17NOSi. The second-order valence-electron chi connectivity index (χ2n) is 4.65. The summed E-state index contributed by atoms with van der Waals surface area (Å²) in [6, 6.07) is 7.15. The Hall–Kier alpha value is -1.35. The van der Waals surface area contributed by atoms with E-state index in [1.54, 1.807) is 18.2 Å². The molecule has 1 rings (SSSR count). The van der Waals surface area contributed by atoms with Crippen molar-refractivity contribution in [2.45, 2.75) is 19.6 Å². The summed E-state index contributed by atoms with van der Waals surface area (Å²) in [5.41, 5.74) is 8.88. The average molecular weight is 219 g/mol. The lowest BCUT2D eigenvalue weighted by Gasteiger charge is -2.08. The van der Waals surface area contributed by atoms with Crippen molar-refractivity contribution in [3.05, 3.63) is 41.6 Å². The molecule has 0 aliphatic rings. The molecule has 0 radical (unpaired) electrons. The fourth-order valence-corrected chi connectivity index (χ4v) is 1.79. The van der Waals surface area contributed by atoms with E-state index < -0.39 is 8.07 Å². The Kier molecular flexibility index (Phi) is 3.47. The number of hydrogen-bond acceptors (Lipinski definition) is 2. The van der Waals surface area contributed by atoms with E-state index >= 15 is 0 Å². The van der Waals surface area contributed by atoms with Crippen molar-refractivity contribution in [3.8, 4) is 0 Å². The first-order valence-electron chi connectivity index (χ1n) is 4.98. The molecule has 15 heavy (non-hydrogen) atoms. The van der Waals surface area contributed by atoms with Crippen LogP contribution in [-0.4, -0.2) is 13.9 Å². The Balaban J connectivity index is 2.88. The highest BCUT2D eigenvalue weighted by atomic mass is 28.3. The van der Waals surface area contributed by atoms with E-state index in [0.29, 0.717) is 11.3 Å². The lowest BCUT2D eigenvalue weighted by molar-refractivity contribution is 0.104. The Bertz CT molecular complexity index is 391. The minimum Gasteiger partial charge on any atom is -0.398 e. The van der Waals surface area contributed by atoms with Crippen molar-refractivity contribution < 1.29 is 4.79 Å². The van der Waals surface area contributed by atoms with E-state index in [9.17, 15) is 4.79 Å². The maximum atomic E-state index is 11.8. The topological polar surface area (TPSA) is 43.1 Å². The van der Waals surface area contributed by atoms with Crippen LogP contribution < -0.4 is 5.73 Å². The maximum Gasteiger partial charge on any atom is 0.187 e. The molecule has 0 saturated heterocycles. The van der Waals surface area contributed by atoms with Crippen molar-refractivity contribution in [2.24, 2.45) is 0 Å². The molecule has 0 bridgehead atoms. The molecule has 0 fully saturated rings. The number of benzene rings is 1. The van der Waals surface area contributed by atoms with Gasteiger partial charge in [0.05, 0.1) is 8.07 Å². The maximum absolute atomic E-state index is 11.8. The minimum atomic E-state index is -1.31. The van der Waals surface area contributed by atoms with Gasteiger partial charge >= 0.3 is 0 Å². The normalized spacial score (nSPS) is 11.9. The van der Waals surface area contributed by atoms with Gasteiger partial charge in [-0.1, -0.05) is 37.5 Å². The van der Waals surface area contributed by atoms with Gasteiger partial charge < -0.3 is 5.73 Å². The van der Waals surface area contributed by atoms with Crippen LogP contribution in [-0.2, 0) is 0 Å². The third kappa shape index (κ3) is 3.71. The summed E-state index contributed by atoms with van der Waals surface area (Å²) < 4.78 is 0. The molecule has 3 heteroatoms. The Morgan fingerprint density at radius 3 is 2.40 bits per heavy atom.